The lowest BCUT2D eigenvalue weighted by Gasteiger charge is -2.00. The van der Waals surface area contributed by atoms with Crippen molar-refractivity contribution in [1.29, 1.82) is 0 Å². The van der Waals surface area contributed by atoms with Crippen molar-refractivity contribution < 1.29 is 4.39 Å². The van der Waals surface area contributed by atoms with Crippen molar-refractivity contribution in [2.24, 2.45) is 0 Å². The van der Waals surface area contributed by atoms with E-state index >= 15 is 0 Å². The number of fused-ring (bicyclic) bond motifs is 1. The van der Waals surface area contributed by atoms with E-state index in [0.717, 1.165) is 20.1 Å². The fraction of sp³-hybridized carbons (Fsp3) is 0.100. The number of thiophene rings is 2. The molecule has 0 aliphatic heterocycles. The molecule has 0 amide bonds. The molecule has 0 aromatic carbocycles. The molecule has 0 aliphatic rings. The average Bonchev–Trinajstić information content (AvgIpc) is 2.92. The lowest BCUT2D eigenvalue weighted by molar-refractivity contribution is 0.621. The standard InChI is InChI=1S/C10H7FN2S3/c11-6-1-3-14-8(6)5-12-10-9-7(13-16-10)2-4-15-9/h1-4,12H,5H2. The van der Waals surface area contributed by atoms with E-state index in [9.17, 15) is 4.39 Å². The van der Waals surface area contributed by atoms with Gasteiger partial charge in [0.1, 0.15) is 10.8 Å². The van der Waals surface area contributed by atoms with Gasteiger partial charge in [-0.05, 0) is 34.4 Å². The number of anilines is 1. The summed E-state index contributed by atoms with van der Waals surface area (Å²) in [6, 6.07) is 3.49. The molecule has 3 aromatic rings. The molecule has 0 unspecified atom stereocenters. The van der Waals surface area contributed by atoms with E-state index in [1.54, 1.807) is 16.7 Å². The van der Waals surface area contributed by atoms with Crippen LogP contribution in [0.4, 0.5) is 9.39 Å². The molecule has 0 saturated carbocycles. The smallest absolute Gasteiger partial charge is 0.138 e. The van der Waals surface area contributed by atoms with Gasteiger partial charge in [-0.25, -0.2) is 4.39 Å². The molecule has 1 N–H and O–H groups in total. The van der Waals surface area contributed by atoms with Crippen LogP contribution in [0.3, 0.4) is 0 Å². The fourth-order valence-corrected chi connectivity index (χ4v) is 3.82. The molecular formula is C10H7FN2S3. The third kappa shape index (κ3) is 1.73. The molecule has 0 saturated heterocycles. The van der Waals surface area contributed by atoms with Crippen LogP contribution in [0.15, 0.2) is 22.9 Å². The Bertz CT molecular complexity index is 610. The van der Waals surface area contributed by atoms with Gasteiger partial charge in [0.2, 0.25) is 0 Å². The molecule has 0 spiro atoms. The second-order valence-corrected chi connectivity index (χ2v) is 5.88. The molecule has 0 fully saturated rings. The van der Waals surface area contributed by atoms with Gasteiger partial charge < -0.3 is 5.32 Å². The number of halogens is 1. The number of rotatable bonds is 3. The summed E-state index contributed by atoms with van der Waals surface area (Å²) in [6.07, 6.45) is 0. The first-order valence-electron chi connectivity index (χ1n) is 4.63. The summed E-state index contributed by atoms with van der Waals surface area (Å²) in [5.41, 5.74) is 1.02. The SMILES string of the molecule is Fc1ccsc1CNc1snc2ccsc12. The Morgan fingerprint density at radius 2 is 2.12 bits per heavy atom. The first kappa shape index (κ1) is 10.2. The molecule has 0 aliphatic carbocycles. The highest BCUT2D eigenvalue weighted by Crippen LogP contribution is 2.32. The third-order valence-corrected chi connectivity index (χ3v) is 4.95. The molecule has 0 atom stereocenters. The van der Waals surface area contributed by atoms with Gasteiger partial charge in [-0.15, -0.1) is 22.7 Å². The summed E-state index contributed by atoms with van der Waals surface area (Å²) in [6.45, 7) is 0.526. The lowest BCUT2D eigenvalue weighted by atomic mass is 10.4. The molecular weight excluding hydrogens is 263 g/mol. The molecule has 0 bridgehead atoms. The minimum atomic E-state index is -0.135. The van der Waals surface area contributed by atoms with Crippen LogP contribution in [0.1, 0.15) is 4.88 Å². The molecule has 3 heterocycles. The topological polar surface area (TPSA) is 24.9 Å². The van der Waals surface area contributed by atoms with Crippen LogP contribution >= 0.6 is 34.2 Å². The van der Waals surface area contributed by atoms with Crippen LogP contribution in [0, 0.1) is 5.82 Å². The van der Waals surface area contributed by atoms with E-state index in [1.807, 2.05) is 11.4 Å². The zero-order valence-electron chi connectivity index (χ0n) is 8.07. The van der Waals surface area contributed by atoms with Gasteiger partial charge in [-0.2, -0.15) is 4.37 Å². The van der Waals surface area contributed by atoms with Crippen LogP contribution in [0.5, 0.6) is 0 Å². The minimum absolute atomic E-state index is 0.135. The second kappa shape index (κ2) is 4.12. The highest BCUT2D eigenvalue weighted by molar-refractivity contribution is 7.23. The van der Waals surface area contributed by atoms with Gasteiger partial charge in [0.05, 0.1) is 21.6 Å². The van der Waals surface area contributed by atoms with Gasteiger partial charge in [-0.3, -0.25) is 0 Å². The van der Waals surface area contributed by atoms with E-state index in [1.165, 1.54) is 28.9 Å². The summed E-state index contributed by atoms with van der Waals surface area (Å²) in [5, 5.41) is 8.04. The monoisotopic (exact) mass is 270 g/mol. The molecule has 3 aromatic heterocycles. The highest BCUT2D eigenvalue weighted by atomic mass is 32.1. The Hall–Kier alpha value is -0.980. The summed E-state index contributed by atoms with van der Waals surface area (Å²) in [7, 11) is 0. The molecule has 16 heavy (non-hydrogen) atoms. The molecule has 3 rings (SSSR count). The van der Waals surface area contributed by atoms with E-state index in [4.69, 9.17) is 0 Å². The predicted molar refractivity (Wildman–Crippen MR) is 69.1 cm³/mol. The zero-order valence-corrected chi connectivity index (χ0v) is 10.5. The van der Waals surface area contributed by atoms with Crippen molar-refractivity contribution in [3.8, 4) is 0 Å². The summed E-state index contributed by atoms with van der Waals surface area (Å²) in [5.74, 6) is -0.135. The third-order valence-electron chi connectivity index (χ3n) is 2.19. The molecule has 0 radical (unpaired) electrons. The summed E-state index contributed by atoms with van der Waals surface area (Å²) < 4.78 is 18.6. The van der Waals surface area contributed by atoms with Crippen molar-refractivity contribution >= 4 is 49.4 Å². The maximum atomic E-state index is 13.2. The van der Waals surface area contributed by atoms with Gasteiger partial charge in [0.15, 0.2) is 0 Å². The lowest BCUT2D eigenvalue weighted by Crippen LogP contribution is -1.96. The van der Waals surface area contributed by atoms with Crippen LogP contribution < -0.4 is 5.32 Å². The van der Waals surface area contributed by atoms with Crippen LogP contribution in [0.25, 0.3) is 10.2 Å². The first-order chi connectivity index (χ1) is 7.84. The van der Waals surface area contributed by atoms with E-state index in [0.29, 0.717) is 6.54 Å². The minimum Gasteiger partial charge on any atom is -0.369 e. The van der Waals surface area contributed by atoms with Crippen molar-refractivity contribution in [2.45, 2.75) is 6.54 Å². The molecule has 82 valence electrons. The van der Waals surface area contributed by atoms with Crippen LogP contribution in [0.2, 0.25) is 0 Å². The van der Waals surface area contributed by atoms with Gasteiger partial charge in [0.25, 0.3) is 0 Å². The quantitative estimate of drug-likeness (QED) is 0.772. The van der Waals surface area contributed by atoms with Crippen molar-refractivity contribution in [1.82, 2.24) is 4.37 Å². The van der Waals surface area contributed by atoms with Crippen molar-refractivity contribution in [3.63, 3.8) is 0 Å². The maximum Gasteiger partial charge on any atom is 0.138 e. The number of hydrogen-bond donors (Lipinski definition) is 1. The summed E-state index contributed by atoms with van der Waals surface area (Å²) >= 11 is 4.51. The molecule has 6 heteroatoms. The van der Waals surface area contributed by atoms with E-state index < -0.39 is 0 Å². The van der Waals surface area contributed by atoms with E-state index in [-0.39, 0.29) is 5.82 Å². The average molecular weight is 270 g/mol. The Balaban J connectivity index is 1.81. The zero-order chi connectivity index (χ0) is 11.0. The maximum absolute atomic E-state index is 13.2. The normalized spacial score (nSPS) is 11.1. The Labute approximate surface area is 104 Å². The highest BCUT2D eigenvalue weighted by Gasteiger charge is 2.08. The molecule has 2 nitrogen and oxygen atoms in total. The van der Waals surface area contributed by atoms with Crippen molar-refractivity contribution in [2.75, 3.05) is 5.32 Å². The number of nitrogens with zero attached hydrogens (tertiary/aromatic N) is 1. The number of hydrogen-bond acceptors (Lipinski definition) is 5. The summed E-state index contributed by atoms with van der Waals surface area (Å²) in [4.78, 5) is 0.734. The van der Waals surface area contributed by atoms with Gasteiger partial charge in [-0.1, -0.05) is 0 Å². The first-order valence-corrected chi connectivity index (χ1v) is 7.16. The van der Waals surface area contributed by atoms with Gasteiger partial charge in [0, 0.05) is 0 Å². The number of aromatic nitrogens is 1. The van der Waals surface area contributed by atoms with E-state index in [2.05, 4.69) is 9.69 Å². The number of nitrogens with one attached hydrogen (secondary N) is 1. The second-order valence-electron chi connectivity index (χ2n) is 3.19. The van der Waals surface area contributed by atoms with Gasteiger partial charge >= 0.3 is 0 Å². The Morgan fingerprint density at radius 1 is 1.25 bits per heavy atom. The largest absolute Gasteiger partial charge is 0.369 e. The Morgan fingerprint density at radius 3 is 2.94 bits per heavy atom. The predicted octanol–water partition coefficient (Wildman–Crippen LogP) is 4.17. The fourth-order valence-electron chi connectivity index (χ4n) is 1.40. The van der Waals surface area contributed by atoms with Crippen LogP contribution in [-0.4, -0.2) is 4.37 Å². The Kier molecular flexibility index (Phi) is 2.62. The van der Waals surface area contributed by atoms with Crippen LogP contribution in [-0.2, 0) is 6.54 Å². The van der Waals surface area contributed by atoms with Crippen molar-refractivity contribution in [3.05, 3.63) is 33.6 Å².